The minimum atomic E-state index is 0.220. The summed E-state index contributed by atoms with van der Waals surface area (Å²) >= 11 is 1.76. The van der Waals surface area contributed by atoms with Gasteiger partial charge in [0.1, 0.15) is 0 Å². The first kappa shape index (κ1) is 12.6. The van der Waals surface area contributed by atoms with Gasteiger partial charge in [0.05, 0.1) is 18.2 Å². The molecule has 0 spiro atoms. The molecule has 2 fully saturated rings. The Morgan fingerprint density at radius 2 is 2.17 bits per heavy atom. The van der Waals surface area contributed by atoms with Gasteiger partial charge in [-0.25, -0.2) is 0 Å². The summed E-state index contributed by atoms with van der Waals surface area (Å²) in [5.41, 5.74) is 7.76. The van der Waals surface area contributed by atoms with E-state index in [0.29, 0.717) is 18.2 Å². The van der Waals surface area contributed by atoms with Gasteiger partial charge in [-0.3, -0.25) is 4.90 Å². The summed E-state index contributed by atoms with van der Waals surface area (Å²) in [6.45, 7) is 4.27. The van der Waals surface area contributed by atoms with Crippen molar-refractivity contribution in [1.82, 2.24) is 4.90 Å². The van der Waals surface area contributed by atoms with Crippen molar-refractivity contribution in [3.63, 3.8) is 0 Å². The van der Waals surface area contributed by atoms with Crippen molar-refractivity contribution >= 4 is 11.3 Å². The number of fused-ring (bicyclic) bond motifs is 2. The van der Waals surface area contributed by atoms with E-state index in [4.69, 9.17) is 10.5 Å². The summed E-state index contributed by atoms with van der Waals surface area (Å²) in [7, 11) is 0. The van der Waals surface area contributed by atoms with E-state index in [1.54, 1.807) is 11.3 Å². The van der Waals surface area contributed by atoms with Crippen molar-refractivity contribution in [2.45, 2.75) is 50.5 Å². The van der Waals surface area contributed by atoms with Gasteiger partial charge in [-0.1, -0.05) is 6.92 Å². The van der Waals surface area contributed by atoms with Crippen molar-refractivity contribution in [2.24, 2.45) is 5.73 Å². The number of morpholine rings is 1. The fraction of sp³-hybridized carbons (Fsp3) is 0.714. The zero-order chi connectivity index (χ0) is 12.5. The van der Waals surface area contributed by atoms with Gasteiger partial charge in [0.15, 0.2) is 0 Å². The molecule has 2 aliphatic heterocycles. The van der Waals surface area contributed by atoms with Crippen molar-refractivity contribution in [1.29, 1.82) is 0 Å². The van der Waals surface area contributed by atoms with Crippen LogP contribution in [0.15, 0.2) is 16.8 Å². The Bertz CT molecular complexity index is 369. The molecule has 2 bridgehead atoms. The molecule has 100 valence electrons. The molecule has 4 unspecified atom stereocenters. The number of ether oxygens (including phenoxy) is 1. The Labute approximate surface area is 113 Å². The van der Waals surface area contributed by atoms with Crippen LogP contribution in [0.25, 0.3) is 0 Å². The van der Waals surface area contributed by atoms with Gasteiger partial charge in [-0.2, -0.15) is 11.3 Å². The largest absolute Gasteiger partial charge is 0.372 e. The molecule has 4 atom stereocenters. The van der Waals surface area contributed by atoms with Gasteiger partial charge < -0.3 is 10.5 Å². The Kier molecular flexibility index (Phi) is 3.71. The van der Waals surface area contributed by atoms with E-state index in [1.807, 2.05) is 0 Å². The smallest absolute Gasteiger partial charge is 0.0707 e. The highest BCUT2D eigenvalue weighted by Crippen LogP contribution is 2.34. The van der Waals surface area contributed by atoms with Gasteiger partial charge in [0, 0.05) is 19.1 Å². The first-order valence-electron chi connectivity index (χ1n) is 6.95. The number of likely N-dealkylation sites (tertiary alicyclic amines) is 1. The van der Waals surface area contributed by atoms with Crippen LogP contribution in [0.3, 0.4) is 0 Å². The van der Waals surface area contributed by atoms with Gasteiger partial charge in [0.25, 0.3) is 0 Å². The lowest BCUT2D eigenvalue weighted by Crippen LogP contribution is -2.49. The molecule has 4 heteroatoms. The van der Waals surface area contributed by atoms with Crippen LogP contribution >= 0.6 is 11.3 Å². The van der Waals surface area contributed by atoms with E-state index in [9.17, 15) is 0 Å². The molecule has 2 saturated heterocycles. The molecule has 3 nitrogen and oxygen atoms in total. The van der Waals surface area contributed by atoms with Crippen LogP contribution in [0.2, 0.25) is 0 Å². The van der Waals surface area contributed by atoms with E-state index < -0.39 is 0 Å². The van der Waals surface area contributed by atoms with E-state index >= 15 is 0 Å². The maximum Gasteiger partial charge on any atom is 0.0707 e. The summed E-state index contributed by atoms with van der Waals surface area (Å²) in [5, 5.41) is 4.40. The summed E-state index contributed by atoms with van der Waals surface area (Å²) in [4.78, 5) is 2.56. The van der Waals surface area contributed by atoms with Gasteiger partial charge in [0.2, 0.25) is 0 Å². The monoisotopic (exact) mass is 266 g/mol. The fourth-order valence-corrected chi connectivity index (χ4v) is 3.96. The van der Waals surface area contributed by atoms with Crippen molar-refractivity contribution in [3.8, 4) is 0 Å². The number of nitrogens with two attached hydrogens (primary N) is 1. The first-order chi connectivity index (χ1) is 8.78. The highest BCUT2D eigenvalue weighted by molar-refractivity contribution is 7.07. The second-order valence-electron chi connectivity index (χ2n) is 5.48. The number of rotatable bonds is 4. The normalized spacial score (nSPS) is 31.4. The molecule has 1 aromatic rings. The molecule has 18 heavy (non-hydrogen) atoms. The lowest BCUT2D eigenvalue weighted by Gasteiger charge is -2.40. The summed E-state index contributed by atoms with van der Waals surface area (Å²) in [5.74, 6) is 0. The first-order valence-corrected chi connectivity index (χ1v) is 7.89. The molecule has 1 aromatic heterocycles. The van der Waals surface area contributed by atoms with E-state index in [1.165, 1.54) is 18.4 Å². The zero-order valence-electron chi connectivity index (χ0n) is 10.9. The summed E-state index contributed by atoms with van der Waals surface area (Å²) in [6.07, 6.45) is 4.34. The van der Waals surface area contributed by atoms with Gasteiger partial charge in [-0.15, -0.1) is 0 Å². The van der Waals surface area contributed by atoms with Gasteiger partial charge in [-0.05, 0) is 41.7 Å². The molecule has 0 aliphatic carbocycles. The third-order valence-electron chi connectivity index (χ3n) is 4.23. The average molecular weight is 266 g/mol. The van der Waals surface area contributed by atoms with Crippen molar-refractivity contribution in [2.75, 3.05) is 13.1 Å². The fourth-order valence-electron chi connectivity index (χ4n) is 3.27. The van der Waals surface area contributed by atoms with E-state index in [0.717, 1.165) is 19.5 Å². The minimum Gasteiger partial charge on any atom is -0.372 e. The van der Waals surface area contributed by atoms with E-state index in [2.05, 4.69) is 28.7 Å². The molecule has 2 N–H and O–H groups in total. The molecule has 0 radical (unpaired) electrons. The summed E-state index contributed by atoms with van der Waals surface area (Å²) < 4.78 is 5.93. The lowest BCUT2D eigenvalue weighted by molar-refractivity contribution is -0.0568. The molecule has 3 heterocycles. The van der Waals surface area contributed by atoms with Crippen molar-refractivity contribution < 1.29 is 4.74 Å². The third-order valence-corrected chi connectivity index (χ3v) is 4.93. The molecular formula is C14H22N2OS. The molecule has 0 aromatic carbocycles. The van der Waals surface area contributed by atoms with Crippen LogP contribution in [0.5, 0.6) is 0 Å². The molecule has 0 saturated carbocycles. The number of hydrogen-bond acceptors (Lipinski definition) is 4. The van der Waals surface area contributed by atoms with Gasteiger partial charge >= 0.3 is 0 Å². The molecule has 0 amide bonds. The Morgan fingerprint density at radius 3 is 2.72 bits per heavy atom. The molecular weight excluding hydrogens is 244 g/mol. The summed E-state index contributed by atoms with van der Waals surface area (Å²) in [6, 6.07) is 2.81. The maximum absolute atomic E-state index is 6.37. The predicted molar refractivity (Wildman–Crippen MR) is 74.8 cm³/mol. The minimum absolute atomic E-state index is 0.220. The Balaban J connectivity index is 1.80. The lowest BCUT2D eigenvalue weighted by atomic mass is 9.98. The van der Waals surface area contributed by atoms with Crippen molar-refractivity contribution in [3.05, 3.63) is 22.4 Å². The highest BCUT2D eigenvalue weighted by atomic mass is 32.1. The predicted octanol–water partition coefficient (Wildman–Crippen LogP) is 2.39. The second kappa shape index (κ2) is 5.29. The molecule has 3 rings (SSSR count). The van der Waals surface area contributed by atoms with E-state index in [-0.39, 0.29) is 6.04 Å². The Hall–Kier alpha value is -0.420. The average Bonchev–Trinajstić information content (AvgIpc) is 3.00. The SMILES string of the molecule is CCC(N)C(c1ccsc1)N1CC2CCC(C1)O2. The Morgan fingerprint density at radius 1 is 1.44 bits per heavy atom. The highest BCUT2D eigenvalue weighted by Gasteiger charge is 2.38. The van der Waals surface area contributed by atoms with Crippen LogP contribution in [-0.2, 0) is 4.74 Å². The zero-order valence-corrected chi connectivity index (χ0v) is 11.7. The van der Waals surface area contributed by atoms with Crippen LogP contribution in [0.1, 0.15) is 37.8 Å². The number of nitrogens with zero attached hydrogens (tertiary/aromatic N) is 1. The number of thiophene rings is 1. The maximum atomic E-state index is 6.37. The topological polar surface area (TPSA) is 38.5 Å². The standard InChI is InChI=1S/C14H22N2OS/c1-2-13(15)14(10-5-6-18-9-10)16-7-11-3-4-12(8-16)17-11/h5-6,9,11-14H,2-4,7-8,15H2,1H3. The number of hydrogen-bond donors (Lipinski definition) is 1. The molecule has 2 aliphatic rings. The van der Waals surface area contributed by atoms with Crippen LogP contribution in [0, 0.1) is 0 Å². The second-order valence-corrected chi connectivity index (χ2v) is 6.27. The quantitative estimate of drug-likeness (QED) is 0.909. The van der Waals surface area contributed by atoms with Crippen LogP contribution in [-0.4, -0.2) is 36.2 Å². The van der Waals surface area contributed by atoms with Crippen LogP contribution < -0.4 is 5.73 Å². The van der Waals surface area contributed by atoms with Crippen LogP contribution in [0.4, 0.5) is 0 Å². The third kappa shape index (κ3) is 2.35.